The summed E-state index contributed by atoms with van der Waals surface area (Å²) >= 11 is 4.76. The van der Waals surface area contributed by atoms with Crippen molar-refractivity contribution < 1.29 is 14.3 Å². The van der Waals surface area contributed by atoms with E-state index in [4.69, 9.17) is 15.3 Å². The lowest BCUT2D eigenvalue weighted by Gasteiger charge is -2.03. The van der Waals surface area contributed by atoms with Gasteiger partial charge >= 0.3 is 5.97 Å². The second kappa shape index (κ2) is 6.87. The number of nitrogens with two attached hydrogens (primary N) is 1. The van der Waals surface area contributed by atoms with E-state index < -0.39 is 12.0 Å². The highest BCUT2D eigenvalue weighted by molar-refractivity contribution is 9.10. The Labute approximate surface area is 127 Å². The fourth-order valence-electron chi connectivity index (χ4n) is 1.40. The molecule has 0 amide bonds. The molecule has 1 aromatic carbocycles. The van der Waals surface area contributed by atoms with E-state index in [1.807, 2.05) is 24.3 Å². The minimum Gasteiger partial charge on any atom is -0.480 e. The lowest BCUT2D eigenvalue weighted by Crippen LogP contribution is -2.32. The zero-order valence-corrected chi connectivity index (χ0v) is 12.7. The maximum atomic E-state index is 10.6. The molecular formula is C12H12BrN3O3S. The molecule has 0 saturated heterocycles. The van der Waals surface area contributed by atoms with Crippen molar-refractivity contribution in [3.05, 3.63) is 34.6 Å². The first-order valence-electron chi connectivity index (χ1n) is 5.71. The molecule has 0 aliphatic rings. The van der Waals surface area contributed by atoms with Gasteiger partial charge in [-0.15, -0.1) is 22.0 Å². The number of carboxylic acids is 1. The van der Waals surface area contributed by atoms with Crippen molar-refractivity contribution in [2.75, 3.05) is 5.75 Å². The number of carbonyl (C=O) groups is 1. The van der Waals surface area contributed by atoms with Crippen LogP contribution in [0.2, 0.25) is 0 Å². The Morgan fingerprint density at radius 1 is 1.45 bits per heavy atom. The smallest absolute Gasteiger partial charge is 0.321 e. The number of nitrogens with zero attached hydrogens (tertiary/aromatic N) is 2. The molecule has 106 valence electrons. The summed E-state index contributed by atoms with van der Waals surface area (Å²) < 4.78 is 6.40. The molecule has 0 radical (unpaired) electrons. The van der Waals surface area contributed by atoms with Crippen molar-refractivity contribution in [3.8, 4) is 11.5 Å². The van der Waals surface area contributed by atoms with E-state index in [1.54, 1.807) is 0 Å². The number of carboxylic acid groups (broad SMARTS) is 1. The molecule has 2 aromatic rings. The maximum Gasteiger partial charge on any atom is 0.321 e. The number of rotatable bonds is 6. The molecular weight excluding hydrogens is 346 g/mol. The van der Waals surface area contributed by atoms with Crippen molar-refractivity contribution in [3.63, 3.8) is 0 Å². The van der Waals surface area contributed by atoms with Crippen LogP contribution in [0.3, 0.4) is 0 Å². The zero-order chi connectivity index (χ0) is 14.5. The lowest BCUT2D eigenvalue weighted by atomic mass is 10.2. The highest BCUT2D eigenvalue weighted by Crippen LogP contribution is 2.27. The van der Waals surface area contributed by atoms with Crippen LogP contribution in [0.4, 0.5) is 0 Å². The number of halogens is 1. The highest BCUT2D eigenvalue weighted by atomic mass is 79.9. The van der Waals surface area contributed by atoms with Gasteiger partial charge in [0.1, 0.15) is 6.04 Å². The molecule has 1 atom stereocenters. The van der Waals surface area contributed by atoms with Gasteiger partial charge in [0.2, 0.25) is 11.8 Å². The van der Waals surface area contributed by atoms with E-state index in [0.29, 0.717) is 23.3 Å². The van der Waals surface area contributed by atoms with Crippen LogP contribution in [0.25, 0.3) is 11.5 Å². The van der Waals surface area contributed by atoms with Gasteiger partial charge in [-0.2, -0.15) is 0 Å². The first kappa shape index (κ1) is 15.0. The predicted molar refractivity (Wildman–Crippen MR) is 79.2 cm³/mol. The van der Waals surface area contributed by atoms with Gasteiger partial charge in [-0.1, -0.05) is 12.1 Å². The minimum atomic E-state index is -1.02. The Bertz CT molecular complexity index is 605. The van der Waals surface area contributed by atoms with Gasteiger partial charge in [-0.05, 0) is 28.1 Å². The third-order valence-corrected chi connectivity index (χ3v) is 4.15. The van der Waals surface area contributed by atoms with Gasteiger partial charge in [-0.3, -0.25) is 4.79 Å². The zero-order valence-electron chi connectivity index (χ0n) is 10.3. The predicted octanol–water partition coefficient (Wildman–Crippen LogP) is 2.14. The van der Waals surface area contributed by atoms with Crippen LogP contribution in [-0.2, 0) is 10.5 Å². The van der Waals surface area contributed by atoms with Crippen molar-refractivity contribution in [1.82, 2.24) is 10.2 Å². The molecule has 0 saturated carbocycles. The summed E-state index contributed by atoms with van der Waals surface area (Å²) in [7, 11) is 0. The summed E-state index contributed by atoms with van der Waals surface area (Å²) in [5.74, 6) is 0.575. The van der Waals surface area contributed by atoms with E-state index >= 15 is 0 Å². The standard InChI is InChI=1S/C12H12BrN3O3S/c13-8-4-2-1-3-7(8)11-16-15-10(19-11)6-20-5-9(14)12(17)18/h1-4,9H,5-6,14H2,(H,17,18). The molecule has 0 bridgehead atoms. The van der Waals surface area contributed by atoms with Gasteiger partial charge in [-0.25, -0.2) is 0 Å². The first-order chi connectivity index (χ1) is 9.58. The van der Waals surface area contributed by atoms with Gasteiger partial charge in [0, 0.05) is 10.2 Å². The fraction of sp³-hybridized carbons (Fsp3) is 0.250. The Kier molecular flexibility index (Phi) is 5.16. The number of benzene rings is 1. The van der Waals surface area contributed by atoms with Crippen LogP contribution >= 0.6 is 27.7 Å². The van der Waals surface area contributed by atoms with Gasteiger partial charge in [0.05, 0.1) is 11.3 Å². The first-order valence-corrected chi connectivity index (χ1v) is 7.66. The van der Waals surface area contributed by atoms with Crippen molar-refractivity contribution in [1.29, 1.82) is 0 Å². The van der Waals surface area contributed by atoms with Crippen LogP contribution in [0.1, 0.15) is 5.89 Å². The fourth-order valence-corrected chi connectivity index (χ4v) is 2.66. The van der Waals surface area contributed by atoms with E-state index in [1.165, 1.54) is 11.8 Å². The third-order valence-electron chi connectivity index (χ3n) is 2.41. The molecule has 1 unspecified atom stereocenters. The number of hydrogen-bond donors (Lipinski definition) is 2. The van der Waals surface area contributed by atoms with E-state index in [9.17, 15) is 4.79 Å². The summed E-state index contributed by atoms with van der Waals surface area (Å²) in [6.07, 6.45) is 0. The average Bonchev–Trinajstić information content (AvgIpc) is 2.87. The molecule has 0 aliphatic carbocycles. The molecule has 8 heteroatoms. The molecule has 6 nitrogen and oxygen atoms in total. The summed E-state index contributed by atoms with van der Waals surface area (Å²) in [6.45, 7) is 0. The molecule has 3 N–H and O–H groups in total. The molecule has 20 heavy (non-hydrogen) atoms. The van der Waals surface area contributed by atoms with Crippen molar-refractivity contribution in [2.45, 2.75) is 11.8 Å². The second-order valence-corrected chi connectivity index (χ2v) is 5.83. The third kappa shape index (κ3) is 3.81. The minimum absolute atomic E-state index is 0.294. The summed E-state index contributed by atoms with van der Waals surface area (Å²) in [5.41, 5.74) is 6.22. The Morgan fingerprint density at radius 2 is 2.20 bits per heavy atom. The largest absolute Gasteiger partial charge is 0.480 e. The summed E-state index contributed by atoms with van der Waals surface area (Å²) in [6, 6.07) is 6.65. The lowest BCUT2D eigenvalue weighted by molar-refractivity contribution is -0.137. The quantitative estimate of drug-likeness (QED) is 0.816. The van der Waals surface area contributed by atoms with Crippen LogP contribution < -0.4 is 5.73 Å². The monoisotopic (exact) mass is 357 g/mol. The molecule has 2 rings (SSSR count). The van der Waals surface area contributed by atoms with Crippen LogP contribution in [0.15, 0.2) is 33.2 Å². The van der Waals surface area contributed by atoms with E-state index in [0.717, 1.165) is 10.0 Å². The molecule has 1 heterocycles. The Hall–Kier alpha value is -1.38. The van der Waals surface area contributed by atoms with E-state index in [-0.39, 0.29) is 0 Å². The van der Waals surface area contributed by atoms with Crippen molar-refractivity contribution in [2.24, 2.45) is 5.73 Å². The number of aromatic nitrogens is 2. The van der Waals surface area contributed by atoms with Crippen LogP contribution in [0.5, 0.6) is 0 Å². The molecule has 1 aromatic heterocycles. The highest BCUT2D eigenvalue weighted by Gasteiger charge is 2.14. The van der Waals surface area contributed by atoms with E-state index in [2.05, 4.69) is 26.1 Å². The van der Waals surface area contributed by atoms with Crippen LogP contribution in [0, 0.1) is 0 Å². The summed E-state index contributed by atoms with van der Waals surface area (Å²) in [5, 5.41) is 16.6. The van der Waals surface area contributed by atoms with Crippen molar-refractivity contribution >= 4 is 33.7 Å². The Balaban J connectivity index is 1.96. The number of hydrogen-bond acceptors (Lipinski definition) is 6. The summed E-state index contributed by atoms with van der Waals surface area (Å²) in [4.78, 5) is 10.6. The van der Waals surface area contributed by atoms with Gasteiger partial charge < -0.3 is 15.3 Å². The average molecular weight is 358 g/mol. The number of thioether (sulfide) groups is 1. The second-order valence-electron chi connectivity index (χ2n) is 3.94. The molecule has 0 fully saturated rings. The molecule has 0 aliphatic heterocycles. The van der Waals surface area contributed by atoms with Gasteiger partial charge in [0.25, 0.3) is 0 Å². The SMILES string of the molecule is NC(CSCc1nnc(-c2ccccc2Br)o1)C(=O)O. The van der Waals surface area contributed by atoms with Gasteiger partial charge in [0.15, 0.2) is 0 Å². The topological polar surface area (TPSA) is 102 Å². The van der Waals surface area contributed by atoms with Crippen LogP contribution in [-0.4, -0.2) is 33.1 Å². The Morgan fingerprint density at radius 3 is 2.90 bits per heavy atom. The molecule has 0 spiro atoms. The number of aliphatic carboxylic acids is 1. The normalized spacial score (nSPS) is 12.3. The maximum absolute atomic E-state index is 10.6.